The highest BCUT2D eigenvalue weighted by molar-refractivity contribution is 7.15. The fourth-order valence-electron chi connectivity index (χ4n) is 2.91. The van der Waals surface area contributed by atoms with Crippen molar-refractivity contribution in [1.29, 1.82) is 5.26 Å². The Bertz CT molecular complexity index is 1200. The van der Waals surface area contributed by atoms with Gasteiger partial charge in [0.1, 0.15) is 6.04 Å². The molecular weight excluding hydrogens is 364 g/mol. The van der Waals surface area contributed by atoms with Crippen molar-refractivity contribution in [2.24, 2.45) is 12.9 Å². The second kappa shape index (κ2) is 7.02. The molecule has 3 aromatic rings. The van der Waals surface area contributed by atoms with E-state index in [0.29, 0.717) is 24.1 Å². The monoisotopic (exact) mass is 385 g/mol. The number of oxazole rings is 1. The first-order valence-electron chi connectivity index (χ1n) is 9.92. The Morgan fingerprint density at radius 2 is 2.37 bits per heavy atom. The number of carbonyl (C=O) groups is 1. The summed E-state index contributed by atoms with van der Waals surface area (Å²) in [7, 11) is 0. The van der Waals surface area contributed by atoms with Crippen molar-refractivity contribution in [2.45, 2.75) is 12.5 Å². The molecule has 2 N–H and O–H groups in total. The van der Waals surface area contributed by atoms with Gasteiger partial charge in [0.25, 0.3) is 0 Å². The second-order valence-electron chi connectivity index (χ2n) is 6.40. The molecule has 138 valence electrons. The quantitative estimate of drug-likeness (QED) is 0.695. The largest absolute Gasteiger partial charge is 0.419 e. The smallest absolute Gasteiger partial charge is 0.408 e. The molecule has 1 aliphatic heterocycles. The van der Waals surface area contributed by atoms with E-state index in [1.165, 1.54) is 11.3 Å². The third kappa shape index (κ3) is 3.39. The van der Waals surface area contributed by atoms with Crippen LogP contribution >= 0.6 is 11.3 Å². The minimum absolute atomic E-state index is 0.0859. The van der Waals surface area contributed by atoms with Gasteiger partial charge in [-0.2, -0.15) is 5.26 Å². The Morgan fingerprint density at radius 1 is 1.52 bits per heavy atom. The van der Waals surface area contributed by atoms with Gasteiger partial charge in [-0.05, 0) is 35.9 Å². The van der Waals surface area contributed by atoms with Crippen molar-refractivity contribution in [3.63, 3.8) is 0 Å². The lowest BCUT2D eigenvalue weighted by atomic mass is 10.0. The molecule has 0 spiro atoms. The van der Waals surface area contributed by atoms with E-state index in [1.54, 1.807) is 18.2 Å². The van der Waals surface area contributed by atoms with E-state index < -0.39 is 18.8 Å². The van der Waals surface area contributed by atoms with Gasteiger partial charge in [0.15, 0.2) is 5.58 Å². The SMILES string of the molecule is [2H]C([2H])([2H])n1c(=O)oc2ccc(-c3ccc(C[C@@H](C#N)NC(=O)C4CNC4)s3)cc21. The molecule has 8 heteroatoms. The highest BCUT2D eigenvalue weighted by Gasteiger charge is 2.26. The molecule has 1 aromatic carbocycles. The van der Waals surface area contributed by atoms with E-state index in [1.807, 2.05) is 12.1 Å². The lowest BCUT2D eigenvalue weighted by molar-refractivity contribution is -0.126. The van der Waals surface area contributed by atoms with Gasteiger partial charge in [-0.3, -0.25) is 9.36 Å². The van der Waals surface area contributed by atoms with Crippen molar-refractivity contribution in [3.05, 3.63) is 45.8 Å². The van der Waals surface area contributed by atoms with E-state index in [-0.39, 0.29) is 22.9 Å². The van der Waals surface area contributed by atoms with Crippen LogP contribution in [-0.4, -0.2) is 29.6 Å². The topological polar surface area (TPSA) is 100 Å². The zero-order chi connectivity index (χ0) is 21.5. The van der Waals surface area contributed by atoms with Crippen LogP contribution in [0.5, 0.6) is 0 Å². The van der Waals surface area contributed by atoms with Gasteiger partial charge in [0.05, 0.1) is 17.5 Å². The summed E-state index contributed by atoms with van der Waals surface area (Å²) in [5.41, 5.74) is 1.13. The predicted molar refractivity (Wildman–Crippen MR) is 102 cm³/mol. The molecule has 1 aliphatic rings. The fraction of sp³-hybridized carbons (Fsp3) is 0.316. The Hall–Kier alpha value is -2.89. The van der Waals surface area contributed by atoms with Crippen LogP contribution in [0.25, 0.3) is 21.5 Å². The minimum Gasteiger partial charge on any atom is -0.408 e. The van der Waals surface area contributed by atoms with Gasteiger partial charge in [-0.15, -0.1) is 11.3 Å². The molecule has 1 atom stereocenters. The molecule has 27 heavy (non-hydrogen) atoms. The summed E-state index contributed by atoms with van der Waals surface area (Å²) in [6.45, 7) is -1.38. The van der Waals surface area contributed by atoms with E-state index >= 15 is 0 Å². The zero-order valence-electron chi connectivity index (χ0n) is 17.2. The number of hydrogen-bond donors (Lipinski definition) is 2. The van der Waals surface area contributed by atoms with Crippen LogP contribution in [-0.2, 0) is 18.2 Å². The fourth-order valence-corrected chi connectivity index (χ4v) is 3.96. The normalized spacial score (nSPS) is 17.4. The van der Waals surface area contributed by atoms with E-state index in [2.05, 4.69) is 16.7 Å². The Labute approximate surface area is 163 Å². The van der Waals surface area contributed by atoms with Crippen LogP contribution < -0.4 is 16.4 Å². The molecule has 2 aromatic heterocycles. The van der Waals surface area contributed by atoms with Crippen molar-refractivity contribution in [1.82, 2.24) is 15.2 Å². The summed E-state index contributed by atoms with van der Waals surface area (Å²) < 4.78 is 28.4. The summed E-state index contributed by atoms with van der Waals surface area (Å²) in [5.74, 6) is -1.13. The number of amides is 1. The van der Waals surface area contributed by atoms with Gasteiger partial charge in [-0.1, -0.05) is 0 Å². The van der Waals surface area contributed by atoms with Crippen LogP contribution in [0, 0.1) is 17.2 Å². The molecule has 7 nitrogen and oxygen atoms in total. The maximum Gasteiger partial charge on any atom is 0.419 e. The number of fused-ring (bicyclic) bond motifs is 1. The lowest BCUT2D eigenvalue weighted by Gasteiger charge is -2.26. The minimum atomic E-state index is -2.64. The number of carbonyl (C=O) groups excluding carboxylic acids is 1. The van der Waals surface area contributed by atoms with Crippen LogP contribution in [0.3, 0.4) is 0 Å². The summed E-state index contributed by atoms with van der Waals surface area (Å²) in [6.07, 6.45) is 0.376. The van der Waals surface area contributed by atoms with Crippen LogP contribution in [0.15, 0.2) is 39.5 Å². The Balaban J connectivity index is 1.56. The summed E-state index contributed by atoms with van der Waals surface area (Å²) in [5, 5.41) is 15.2. The number of benzene rings is 1. The molecule has 0 unspecified atom stereocenters. The number of thiophene rings is 1. The molecule has 4 rings (SSSR count). The molecule has 1 fully saturated rings. The number of nitrogens with one attached hydrogen (secondary N) is 2. The van der Waals surface area contributed by atoms with Crippen LogP contribution in [0.2, 0.25) is 0 Å². The number of nitriles is 1. The maximum absolute atomic E-state index is 12.1. The van der Waals surface area contributed by atoms with Gasteiger partial charge in [0, 0.05) is 40.4 Å². The molecule has 1 amide bonds. The molecule has 0 radical (unpaired) electrons. The van der Waals surface area contributed by atoms with Crippen LogP contribution in [0.4, 0.5) is 0 Å². The third-order valence-electron chi connectivity index (χ3n) is 4.56. The molecule has 0 aliphatic carbocycles. The highest BCUT2D eigenvalue weighted by atomic mass is 32.1. The molecule has 3 heterocycles. The van der Waals surface area contributed by atoms with Gasteiger partial charge < -0.3 is 15.1 Å². The predicted octanol–water partition coefficient (Wildman–Crippen LogP) is 1.63. The first-order chi connectivity index (χ1) is 14.3. The van der Waals surface area contributed by atoms with Gasteiger partial charge in [0.2, 0.25) is 5.91 Å². The molecular formula is C19H18N4O3S. The molecule has 0 saturated carbocycles. The highest BCUT2D eigenvalue weighted by Crippen LogP contribution is 2.30. The van der Waals surface area contributed by atoms with Crippen molar-refractivity contribution >= 4 is 28.3 Å². The van der Waals surface area contributed by atoms with Crippen molar-refractivity contribution in [2.75, 3.05) is 13.1 Å². The van der Waals surface area contributed by atoms with Crippen molar-refractivity contribution < 1.29 is 13.3 Å². The van der Waals surface area contributed by atoms with E-state index in [9.17, 15) is 14.9 Å². The number of hydrogen-bond acceptors (Lipinski definition) is 6. The zero-order valence-corrected chi connectivity index (χ0v) is 15.0. The maximum atomic E-state index is 12.1. The second-order valence-corrected chi connectivity index (χ2v) is 7.57. The average Bonchev–Trinajstić information content (AvgIpc) is 3.21. The van der Waals surface area contributed by atoms with Gasteiger partial charge >= 0.3 is 5.76 Å². The van der Waals surface area contributed by atoms with E-state index in [4.69, 9.17) is 8.53 Å². The standard InChI is InChI=1S/C19H18N4O3S/c1-23-15-6-11(2-4-16(15)26-19(23)25)17-5-3-14(27-17)7-13(8-20)22-18(24)12-9-21-10-12/h2-6,12-13,21H,7,9-10H2,1H3,(H,22,24)/t13-/m0/s1/i1D3. The summed E-state index contributed by atoms with van der Waals surface area (Å²) in [4.78, 5) is 25.8. The number of nitrogens with zero attached hydrogens (tertiary/aromatic N) is 2. The first-order valence-corrected chi connectivity index (χ1v) is 9.24. The van der Waals surface area contributed by atoms with E-state index in [0.717, 1.165) is 15.3 Å². The number of rotatable bonds is 5. The number of aromatic nitrogens is 1. The van der Waals surface area contributed by atoms with Gasteiger partial charge in [-0.25, -0.2) is 4.79 Å². The lowest BCUT2D eigenvalue weighted by Crippen LogP contribution is -2.52. The molecule has 0 bridgehead atoms. The number of aryl methyl sites for hydroxylation is 1. The third-order valence-corrected chi connectivity index (χ3v) is 5.71. The Morgan fingerprint density at radius 3 is 3.07 bits per heavy atom. The van der Waals surface area contributed by atoms with Crippen LogP contribution in [0.1, 0.15) is 8.99 Å². The molecule has 1 saturated heterocycles. The Kier molecular flexibility index (Phi) is 3.69. The average molecular weight is 385 g/mol. The van der Waals surface area contributed by atoms with Crippen molar-refractivity contribution in [3.8, 4) is 16.5 Å². The first kappa shape index (κ1) is 14.2. The summed E-state index contributed by atoms with van der Waals surface area (Å²) >= 11 is 1.44. The summed E-state index contributed by atoms with van der Waals surface area (Å²) in [6, 6.07) is 10.2.